The molecule has 0 N–H and O–H groups in total. The summed E-state index contributed by atoms with van der Waals surface area (Å²) in [7, 11) is -0.816. The van der Waals surface area contributed by atoms with Crippen LogP contribution in [0, 0.1) is 0 Å². The van der Waals surface area contributed by atoms with Crippen molar-refractivity contribution < 1.29 is 0 Å². The molecule has 0 radical (unpaired) electrons. The summed E-state index contributed by atoms with van der Waals surface area (Å²) in [5.74, 6) is 0. The lowest BCUT2D eigenvalue weighted by Crippen LogP contribution is -2.37. The fraction of sp³-hybridized carbons (Fsp3) is 1.00. The van der Waals surface area contributed by atoms with E-state index in [2.05, 4.69) is 32.7 Å². The van der Waals surface area contributed by atoms with Gasteiger partial charge in [-0.05, 0) is 0 Å². The van der Waals surface area contributed by atoms with E-state index < -0.39 is 7.59 Å². The minimum Gasteiger partial charge on any atom is -0.0741 e. The second-order valence-corrected chi connectivity index (χ2v) is 19.2. The molecule has 0 aliphatic heterocycles. The molecule has 0 aliphatic carbocycles. The summed E-state index contributed by atoms with van der Waals surface area (Å²) in [6.07, 6.45) is 0. The number of rotatable bonds is 1. The van der Waals surface area contributed by atoms with Gasteiger partial charge in [-0.2, -0.15) is 0 Å². The minimum absolute atomic E-state index is 0.220. The van der Waals surface area contributed by atoms with E-state index >= 15 is 0 Å². The fourth-order valence-electron chi connectivity index (χ4n) is 0. The van der Waals surface area contributed by atoms with Crippen molar-refractivity contribution in [1.29, 1.82) is 0 Å². The van der Waals surface area contributed by atoms with Gasteiger partial charge in [-0.25, -0.2) is 0 Å². The monoisotopic (exact) mass is 132 g/mol. The molecule has 0 atom stereocenters. The zero-order chi connectivity index (χ0) is 6.08. The summed E-state index contributed by atoms with van der Waals surface area (Å²) in [6, 6.07) is 0. The molecule has 0 aromatic carbocycles. The van der Waals surface area contributed by atoms with E-state index in [4.69, 9.17) is 0 Å². The van der Waals surface area contributed by atoms with Gasteiger partial charge in [0.15, 0.2) is 0 Å². The van der Waals surface area contributed by atoms with E-state index in [1.807, 2.05) is 0 Å². The van der Waals surface area contributed by atoms with Gasteiger partial charge >= 0.3 is 0 Å². The average Bonchev–Trinajstić information content (AvgIpc) is 1.31. The smallest absolute Gasteiger partial charge is 0.0343 e. The topological polar surface area (TPSA) is 0 Å². The molecule has 0 spiro atoms. The number of hydrogen-bond donors (Lipinski definition) is 0. The van der Waals surface area contributed by atoms with Gasteiger partial charge in [0.05, 0.1) is 0 Å². The third kappa shape index (κ3) is 3.06. The summed E-state index contributed by atoms with van der Waals surface area (Å²) >= 11 is 0. The highest BCUT2D eigenvalue weighted by molar-refractivity contribution is 7.30. The molecule has 0 amide bonds. The van der Waals surface area contributed by atoms with Crippen LogP contribution in [-0.4, -0.2) is 15.9 Å². The van der Waals surface area contributed by atoms with Gasteiger partial charge < -0.3 is 0 Å². The second-order valence-electron chi connectivity index (χ2n) is 3.52. The van der Waals surface area contributed by atoms with Crippen LogP contribution in [0.5, 0.6) is 0 Å². The summed E-state index contributed by atoms with van der Waals surface area (Å²) < 4.78 is 0. The second kappa shape index (κ2) is 2.13. The van der Waals surface area contributed by atoms with Gasteiger partial charge in [-0.1, -0.05) is 32.7 Å². The SMILES string of the molecule is C[SiH](C)[Si](C)(C)C. The van der Waals surface area contributed by atoms with Gasteiger partial charge in [-0.15, -0.1) is 0 Å². The van der Waals surface area contributed by atoms with E-state index in [1.165, 1.54) is 0 Å². The molecule has 0 rings (SSSR count). The Morgan fingerprint density at radius 2 is 1.14 bits per heavy atom. The van der Waals surface area contributed by atoms with Crippen molar-refractivity contribution in [3.05, 3.63) is 0 Å². The highest BCUT2D eigenvalue weighted by Gasteiger charge is 2.17. The van der Waals surface area contributed by atoms with Gasteiger partial charge in [-0.3, -0.25) is 0 Å². The lowest BCUT2D eigenvalue weighted by Gasteiger charge is -2.18. The lowest BCUT2D eigenvalue weighted by molar-refractivity contribution is 1.80. The Morgan fingerprint density at radius 3 is 1.14 bits per heavy atom. The van der Waals surface area contributed by atoms with Crippen molar-refractivity contribution in [2.45, 2.75) is 32.7 Å². The minimum atomic E-state index is -0.596. The Morgan fingerprint density at radius 1 is 1.00 bits per heavy atom. The first-order valence-corrected chi connectivity index (χ1v) is 10.6. The zero-order valence-corrected chi connectivity index (χ0v) is 8.23. The first kappa shape index (κ1) is 7.43. The summed E-state index contributed by atoms with van der Waals surface area (Å²) in [4.78, 5) is 0. The molecule has 0 saturated heterocycles. The van der Waals surface area contributed by atoms with Gasteiger partial charge in [0.25, 0.3) is 0 Å². The predicted molar refractivity (Wildman–Crippen MR) is 42.2 cm³/mol. The molecule has 0 saturated carbocycles. The Bertz CT molecular complexity index is 51.6. The van der Waals surface area contributed by atoms with E-state index in [0.717, 1.165) is 0 Å². The zero-order valence-electron chi connectivity index (χ0n) is 6.08. The van der Waals surface area contributed by atoms with Crippen molar-refractivity contribution >= 4 is 15.9 Å². The van der Waals surface area contributed by atoms with Crippen LogP contribution in [0.15, 0.2) is 0 Å². The lowest BCUT2D eigenvalue weighted by atomic mass is 11.8. The Kier molecular flexibility index (Phi) is 2.27. The molecular formula is C5H16Si2. The van der Waals surface area contributed by atoms with Crippen LogP contribution in [0.2, 0.25) is 32.7 Å². The quantitative estimate of drug-likeness (QED) is 0.478. The van der Waals surface area contributed by atoms with Gasteiger partial charge in [0, 0.05) is 15.9 Å². The third-order valence-electron chi connectivity index (χ3n) is 1.73. The first-order chi connectivity index (χ1) is 2.94. The van der Waals surface area contributed by atoms with Crippen molar-refractivity contribution in [1.82, 2.24) is 0 Å². The first-order valence-electron chi connectivity index (χ1n) is 2.94. The molecule has 0 nitrogen and oxygen atoms in total. The molecule has 0 aliphatic rings. The maximum Gasteiger partial charge on any atom is 0.0343 e. The van der Waals surface area contributed by atoms with E-state index in [-0.39, 0.29) is 8.31 Å². The van der Waals surface area contributed by atoms with Crippen molar-refractivity contribution in [3.8, 4) is 0 Å². The third-order valence-corrected chi connectivity index (χ3v) is 15.6. The average molecular weight is 132 g/mol. The largest absolute Gasteiger partial charge is 0.0741 e. The normalized spacial score (nSPS) is 12.9. The molecular weight excluding hydrogens is 116 g/mol. The molecule has 44 valence electrons. The highest BCUT2D eigenvalue weighted by atomic mass is 29.2. The van der Waals surface area contributed by atoms with Crippen LogP contribution in [0.3, 0.4) is 0 Å². The van der Waals surface area contributed by atoms with Crippen LogP contribution in [-0.2, 0) is 0 Å². The Hall–Kier alpha value is 0.434. The maximum absolute atomic E-state index is 2.46. The standard InChI is InChI=1S/C5H16Si2/c1-6(2)7(3,4)5/h6H,1-5H3. The van der Waals surface area contributed by atoms with Crippen molar-refractivity contribution in [2.24, 2.45) is 0 Å². The predicted octanol–water partition coefficient (Wildman–Crippen LogP) is 1.89. The molecule has 0 aromatic heterocycles. The van der Waals surface area contributed by atoms with Crippen LogP contribution in [0.25, 0.3) is 0 Å². The molecule has 0 aromatic rings. The van der Waals surface area contributed by atoms with Gasteiger partial charge in [0.2, 0.25) is 0 Å². The molecule has 2 heteroatoms. The summed E-state index contributed by atoms with van der Waals surface area (Å²) in [5.41, 5.74) is 0. The Balaban J connectivity index is 3.54. The molecule has 7 heavy (non-hydrogen) atoms. The van der Waals surface area contributed by atoms with Gasteiger partial charge in [0.1, 0.15) is 0 Å². The van der Waals surface area contributed by atoms with Crippen molar-refractivity contribution in [2.75, 3.05) is 0 Å². The molecule has 0 fully saturated rings. The highest BCUT2D eigenvalue weighted by Crippen LogP contribution is 2.04. The van der Waals surface area contributed by atoms with E-state index in [1.54, 1.807) is 0 Å². The van der Waals surface area contributed by atoms with Crippen molar-refractivity contribution in [3.63, 3.8) is 0 Å². The molecule has 0 unspecified atom stereocenters. The molecule has 0 bridgehead atoms. The Labute approximate surface area is 49.3 Å². The summed E-state index contributed by atoms with van der Waals surface area (Å²) in [6.45, 7) is 12.3. The van der Waals surface area contributed by atoms with Crippen LogP contribution < -0.4 is 0 Å². The van der Waals surface area contributed by atoms with E-state index in [0.29, 0.717) is 0 Å². The fourth-order valence-corrected chi connectivity index (χ4v) is 0. The van der Waals surface area contributed by atoms with E-state index in [9.17, 15) is 0 Å². The molecule has 0 heterocycles. The summed E-state index contributed by atoms with van der Waals surface area (Å²) in [5, 5.41) is 0. The van der Waals surface area contributed by atoms with Crippen LogP contribution in [0.1, 0.15) is 0 Å². The van der Waals surface area contributed by atoms with Crippen LogP contribution >= 0.6 is 0 Å². The van der Waals surface area contributed by atoms with Crippen LogP contribution in [0.4, 0.5) is 0 Å². The number of hydrogen-bond acceptors (Lipinski definition) is 0. The maximum atomic E-state index is 2.46.